The van der Waals surface area contributed by atoms with Gasteiger partial charge >= 0.3 is 0 Å². The molecule has 0 unspecified atom stereocenters. The maximum Gasteiger partial charge on any atom is 0.287 e. The van der Waals surface area contributed by atoms with Crippen LogP contribution in [-0.2, 0) is 9.59 Å². The van der Waals surface area contributed by atoms with E-state index in [1.807, 2.05) is 37.3 Å². The standard InChI is InChI=1S/C12H15NO2/c1-3-11(14)12(15)13-9(2)10-7-5-4-6-8-10/h4-9H,3H2,1-2H3,(H,13,15)/t9-/m1/s1. The second kappa shape index (κ2) is 5.29. The number of rotatable bonds is 4. The zero-order chi connectivity index (χ0) is 11.3. The largest absolute Gasteiger partial charge is 0.343 e. The van der Waals surface area contributed by atoms with Crippen LogP contribution in [0.2, 0.25) is 0 Å². The van der Waals surface area contributed by atoms with Gasteiger partial charge in [0.1, 0.15) is 0 Å². The second-order valence-corrected chi connectivity index (χ2v) is 3.38. The van der Waals surface area contributed by atoms with Gasteiger partial charge in [-0.25, -0.2) is 0 Å². The Morgan fingerprint density at radius 3 is 2.40 bits per heavy atom. The van der Waals surface area contributed by atoms with Gasteiger partial charge in [0.05, 0.1) is 6.04 Å². The predicted molar refractivity (Wildman–Crippen MR) is 58.3 cm³/mol. The quantitative estimate of drug-likeness (QED) is 0.762. The molecular formula is C12H15NO2. The van der Waals surface area contributed by atoms with Gasteiger partial charge in [-0.3, -0.25) is 9.59 Å². The topological polar surface area (TPSA) is 46.2 Å². The lowest BCUT2D eigenvalue weighted by atomic mass is 10.1. The monoisotopic (exact) mass is 205 g/mol. The van der Waals surface area contributed by atoms with Crippen molar-refractivity contribution in [1.29, 1.82) is 0 Å². The van der Waals surface area contributed by atoms with Crippen molar-refractivity contribution in [3.05, 3.63) is 35.9 Å². The highest BCUT2D eigenvalue weighted by molar-refractivity contribution is 6.36. The molecule has 0 fully saturated rings. The van der Waals surface area contributed by atoms with Crippen LogP contribution in [0.25, 0.3) is 0 Å². The molecule has 1 N–H and O–H groups in total. The van der Waals surface area contributed by atoms with Crippen molar-refractivity contribution >= 4 is 11.7 Å². The number of hydrogen-bond donors (Lipinski definition) is 1. The third-order valence-electron chi connectivity index (χ3n) is 2.22. The van der Waals surface area contributed by atoms with E-state index in [4.69, 9.17) is 0 Å². The minimum Gasteiger partial charge on any atom is -0.343 e. The summed E-state index contributed by atoms with van der Waals surface area (Å²) in [6.07, 6.45) is 0.243. The molecule has 1 aromatic carbocycles. The fourth-order valence-corrected chi connectivity index (χ4v) is 1.26. The molecule has 0 heterocycles. The summed E-state index contributed by atoms with van der Waals surface area (Å²) in [6.45, 7) is 3.53. The zero-order valence-corrected chi connectivity index (χ0v) is 8.99. The van der Waals surface area contributed by atoms with Gasteiger partial charge in [0.15, 0.2) is 0 Å². The maximum atomic E-state index is 11.3. The predicted octanol–water partition coefficient (Wildman–Crippen LogP) is 1.84. The lowest BCUT2D eigenvalue weighted by molar-refractivity contribution is -0.138. The number of ketones is 1. The van der Waals surface area contributed by atoms with Gasteiger partial charge < -0.3 is 5.32 Å². The van der Waals surface area contributed by atoms with Crippen LogP contribution < -0.4 is 5.32 Å². The molecule has 1 rings (SSSR count). The first-order chi connectivity index (χ1) is 7.15. The number of carbonyl (C=O) groups is 2. The summed E-state index contributed by atoms with van der Waals surface area (Å²) in [5.41, 5.74) is 0.995. The Labute approximate surface area is 89.5 Å². The van der Waals surface area contributed by atoms with E-state index in [0.29, 0.717) is 0 Å². The van der Waals surface area contributed by atoms with Crippen LogP contribution >= 0.6 is 0 Å². The van der Waals surface area contributed by atoms with Gasteiger partial charge in [-0.1, -0.05) is 37.3 Å². The van der Waals surface area contributed by atoms with Crippen LogP contribution in [0.3, 0.4) is 0 Å². The van der Waals surface area contributed by atoms with E-state index in [1.165, 1.54) is 0 Å². The van der Waals surface area contributed by atoms with E-state index in [1.54, 1.807) is 6.92 Å². The Morgan fingerprint density at radius 1 is 1.27 bits per heavy atom. The Bertz CT molecular complexity index is 346. The first kappa shape index (κ1) is 11.4. The number of carbonyl (C=O) groups excluding carboxylic acids is 2. The smallest absolute Gasteiger partial charge is 0.287 e. The van der Waals surface area contributed by atoms with Crippen LogP contribution in [0.5, 0.6) is 0 Å². The van der Waals surface area contributed by atoms with Gasteiger partial charge in [0.2, 0.25) is 5.78 Å². The highest BCUT2D eigenvalue weighted by Crippen LogP contribution is 2.10. The molecule has 15 heavy (non-hydrogen) atoms. The van der Waals surface area contributed by atoms with Crippen LogP contribution in [0.4, 0.5) is 0 Å². The van der Waals surface area contributed by atoms with Crippen LogP contribution in [0.15, 0.2) is 30.3 Å². The summed E-state index contributed by atoms with van der Waals surface area (Å²) in [5, 5.41) is 2.66. The average molecular weight is 205 g/mol. The van der Waals surface area contributed by atoms with Gasteiger partial charge in [0, 0.05) is 6.42 Å². The zero-order valence-electron chi connectivity index (χ0n) is 8.99. The molecule has 0 aliphatic heterocycles. The number of Topliss-reactive ketones (excluding diaryl/α,β-unsaturated/α-hetero) is 1. The number of nitrogens with one attached hydrogen (secondary N) is 1. The number of benzene rings is 1. The van der Waals surface area contributed by atoms with Crippen molar-refractivity contribution in [2.75, 3.05) is 0 Å². The molecule has 80 valence electrons. The molecule has 1 amide bonds. The van der Waals surface area contributed by atoms with Crippen molar-refractivity contribution in [2.45, 2.75) is 26.3 Å². The van der Waals surface area contributed by atoms with Crippen LogP contribution in [-0.4, -0.2) is 11.7 Å². The first-order valence-electron chi connectivity index (χ1n) is 5.03. The summed E-state index contributed by atoms with van der Waals surface area (Å²) in [7, 11) is 0. The molecule has 0 saturated carbocycles. The molecule has 0 bridgehead atoms. The van der Waals surface area contributed by atoms with E-state index >= 15 is 0 Å². The molecule has 0 aliphatic rings. The Hall–Kier alpha value is -1.64. The third kappa shape index (κ3) is 3.20. The van der Waals surface area contributed by atoms with E-state index in [0.717, 1.165) is 5.56 Å². The first-order valence-corrected chi connectivity index (χ1v) is 5.03. The minimum absolute atomic E-state index is 0.130. The van der Waals surface area contributed by atoms with Crippen LogP contribution in [0.1, 0.15) is 31.9 Å². The van der Waals surface area contributed by atoms with E-state index in [2.05, 4.69) is 5.32 Å². The SMILES string of the molecule is CCC(=O)C(=O)N[C@H](C)c1ccccc1. The van der Waals surface area contributed by atoms with Gasteiger partial charge in [-0.05, 0) is 12.5 Å². The lowest BCUT2D eigenvalue weighted by Gasteiger charge is -2.12. The maximum absolute atomic E-state index is 11.3. The summed E-state index contributed by atoms with van der Waals surface area (Å²) in [5.74, 6) is -0.883. The van der Waals surface area contributed by atoms with Crippen molar-refractivity contribution < 1.29 is 9.59 Å². The van der Waals surface area contributed by atoms with Gasteiger partial charge in [0.25, 0.3) is 5.91 Å². The molecule has 3 heteroatoms. The summed E-state index contributed by atoms with van der Waals surface area (Å²) < 4.78 is 0. The highest BCUT2D eigenvalue weighted by Gasteiger charge is 2.14. The van der Waals surface area contributed by atoms with Gasteiger partial charge in [-0.15, -0.1) is 0 Å². The van der Waals surface area contributed by atoms with Crippen molar-refractivity contribution in [3.8, 4) is 0 Å². The fourth-order valence-electron chi connectivity index (χ4n) is 1.26. The van der Waals surface area contributed by atoms with Crippen molar-refractivity contribution in [2.24, 2.45) is 0 Å². The summed E-state index contributed by atoms with van der Waals surface area (Å²) >= 11 is 0. The summed E-state index contributed by atoms with van der Waals surface area (Å²) in [4.78, 5) is 22.4. The van der Waals surface area contributed by atoms with Gasteiger partial charge in [-0.2, -0.15) is 0 Å². The van der Waals surface area contributed by atoms with Crippen LogP contribution in [0, 0.1) is 0 Å². The molecule has 1 aromatic rings. The Balaban J connectivity index is 2.60. The van der Waals surface area contributed by atoms with Crippen molar-refractivity contribution in [3.63, 3.8) is 0 Å². The second-order valence-electron chi connectivity index (χ2n) is 3.38. The summed E-state index contributed by atoms with van der Waals surface area (Å²) in [6, 6.07) is 9.42. The molecule has 0 saturated heterocycles. The molecule has 0 aromatic heterocycles. The van der Waals surface area contributed by atoms with E-state index in [-0.39, 0.29) is 18.2 Å². The molecular weight excluding hydrogens is 190 g/mol. The molecule has 0 aliphatic carbocycles. The fraction of sp³-hybridized carbons (Fsp3) is 0.333. The number of amides is 1. The molecule has 0 spiro atoms. The molecule has 1 atom stereocenters. The van der Waals surface area contributed by atoms with E-state index in [9.17, 15) is 9.59 Å². The average Bonchev–Trinajstić information content (AvgIpc) is 2.29. The Morgan fingerprint density at radius 2 is 1.87 bits per heavy atom. The van der Waals surface area contributed by atoms with Crippen molar-refractivity contribution in [1.82, 2.24) is 5.32 Å². The minimum atomic E-state index is -0.506. The molecule has 3 nitrogen and oxygen atoms in total. The third-order valence-corrected chi connectivity index (χ3v) is 2.22. The van der Waals surface area contributed by atoms with E-state index < -0.39 is 5.91 Å². The lowest BCUT2D eigenvalue weighted by Crippen LogP contribution is -2.32. The highest BCUT2D eigenvalue weighted by atomic mass is 16.2. The normalized spacial score (nSPS) is 11.9. The Kier molecular flexibility index (Phi) is 4.03. The molecule has 0 radical (unpaired) electrons. The number of hydrogen-bond acceptors (Lipinski definition) is 2.